The van der Waals surface area contributed by atoms with Gasteiger partial charge in [-0.15, -0.1) is 0 Å². The highest BCUT2D eigenvalue weighted by Gasteiger charge is 2.24. The SMILES string of the molecule is CCOC(=O)CC1=NCC(c2ccc(OC)c(OC3CCCC3)c2)C1. The van der Waals surface area contributed by atoms with E-state index in [1.54, 1.807) is 7.11 Å². The van der Waals surface area contributed by atoms with E-state index in [0.717, 1.165) is 36.5 Å². The lowest BCUT2D eigenvalue weighted by Gasteiger charge is -2.18. The van der Waals surface area contributed by atoms with Gasteiger partial charge in [0.15, 0.2) is 11.5 Å². The van der Waals surface area contributed by atoms with Crippen LogP contribution >= 0.6 is 0 Å². The minimum absolute atomic E-state index is 0.193. The molecule has 3 rings (SSSR count). The Morgan fingerprint density at radius 3 is 2.76 bits per heavy atom. The van der Waals surface area contributed by atoms with Crippen LogP contribution in [0.4, 0.5) is 0 Å². The third kappa shape index (κ3) is 4.53. The minimum Gasteiger partial charge on any atom is -0.493 e. The molecule has 1 heterocycles. The first-order chi connectivity index (χ1) is 12.2. The third-order valence-corrected chi connectivity index (χ3v) is 4.93. The average Bonchev–Trinajstić information content (AvgIpc) is 3.27. The zero-order chi connectivity index (χ0) is 17.6. The van der Waals surface area contributed by atoms with Gasteiger partial charge >= 0.3 is 5.97 Å². The van der Waals surface area contributed by atoms with E-state index >= 15 is 0 Å². The highest BCUT2D eigenvalue weighted by Crippen LogP contribution is 2.36. The predicted octanol–water partition coefficient (Wildman–Crippen LogP) is 3.90. The predicted molar refractivity (Wildman–Crippen MR) is 96.8 cm³/mol. The Kier molecular flexibility index (Phi) is 5.95. The molecule has 0 spiro atoms. The fourth-order valence-corrected chi connectivity index (χ4v) is 3.61. The summed E-state index contributed by atoms with van der Waals surface area (Å²) in [5, 5.41) is 0. The van der Waals surface area contributed by atoms with Gasteiger partial charge in [-0.05, 0) is 56.7 Å². The van der Waals surface area contributed by atoms with Crippen LogP contribution in [0.25, 0.3) is 0 Å². The largest absolute Gasteiger partial charge is 0.493 e. The number of rotatable bonds is 7. The van der Waals surface area contributed by atoms with E-state index in [9.17, 15) is 4.79 Å². The van der Waals surface area contributed by atoms with Crippen molar-refractivity contribution in [3.63, 3.8) is 0 Å². The van der Waals surface area contributed by atoms with Crippen molar-refractivity contribution in [3.8, 4) is 11.5 Å². The molecule has 2 aliphatic rings. The molecule has 1 saturated carbocycles. The van der Waals surface area contributed by atoms with Crippen molar-refractivity contribution in [1.29, 1.82) is 0 Å². The van der Waals surface area contributed by atoms with Crippen molar-refractivity contribution in [2.24, 2.45) is 4.99 Å². The topological polar surface area (TPSA) is 57.1 Å². The van der Waals surface area contributed by atoms with Crippen LogP contribution in [0.2, 0.25) is 0 Å². The molecule has 5 nitrogen and oxygen atoms in total. The first kappa shape index (κ1) is 17.8. The van der Waals surface area contributed by atoms with Crippen LogP contribution in [-0.2, 0) is 9.53 Å². The summed E-state index contributed by atoms with van der Waals surface area (Å²) in [7, 11) is 1.67. The maximum atomic E-state index is 11.6. The van der Waals surface area contributed by atoms with Gasteiger partial charge in [0.25, 0.3) is 0 Å². The number of ether oxygens (including phenoxy) is 3. The molecule has 1 fully saturated rings. The molecule has 0 amide bonds. The number of methoxy groups -OCH3 is 1. The summed E-state index contributed by atoms with van der Waals surface area (Å²) in [6, 6.07) is 6.14. The number of hydrogen-bond acceptors (Lipinski definition) is 5. The van der Waals surface area contributed by atoms with Crippen molar-refractivity contribution in [2.75, 3.05) is 20.3 Å². The molecular formula is C20H27NO4. The summed E-state index contributed by atoms with van der Waals surface area (Å²) in [5.41, 5.74) is 2.12. The number of aliphatic imine (C=N–C) groups is 1. The fraction of sp³-hybridized carbons (Fsp3) is 0.600. The smallest absolute Gasteiger partial charge is 0.311 e. The van der Waals surface area contributed by atoms with Crippen molar-refractivity contribution in [3.05, 3.63) is 23.8 Å². The highest BCUT2D eigenvalue weighted by molar-refractivity contribution is 6.00. The second-order valence-corrected chi connectivity index (χ2v) is 6.72. The van der Waals surface area contributed by atoms with Crippen LogP contribution in [0.3, 0.4) is 0 Å². The van der Waals surface area contributed by atoms with E-state index in [0.29, 0.717) is 31.6 Å². The third-order valence-electron chi connectivity index (χ3n) is 4.93. The Labute approximate surface area is 149 Å². The van der Waals surface area contributed by atoms with Gasteiger partial charge in [0.2, 0.25) is 0 Å². The van der Waals surface area contributed by atoms with Crippen molar-refractivity contribution in [2.45, 2.75) is 57.5 Å². The summed E-state index contributed by atoms with van der Waals surface area (Å²) in [6.07, 6.45) is 6.09. The Morgan fingerprint density at radius 2 is 2.04 bits per heavy atom. The molecule has 0 N–H and O–H groups in total. The molecule has 1 aromatic carbocycles. The summed E-state index contributed by atoms with van der Waals surface area (Å²) in [5.74, 6) is 1.70. The van der Waals surface area contributed by atoms with Gasteiger partial charge in [-0.2, -0.15) is 0 Å². The molecule has 5 heteroatoms. The molecule has 1 aromatic rings. The summed E-state index contributed by atoms with van der Waals surface area (Å²) < 4.78 is 16.7. The monoisotopic (exact) mass is 345 g/mol. The first-order valence-electron chi connectivity index (χ1n) is 9.22. The van der Waals surface area contributed by atoms with Gasteiger partial charge in [0.1, 0.15) is 0 Å². The van der Waals surface area contributed by atoms with E-state index < -0.39 is 0 Å². The average molecular weight is 345 g/mol. The summed E-state index contributed by atoms with van der Waals surface area (Å²) in [6.45, 7) is 2.94. The maximum Gasteiger partial charge on any atom is 0.311 e. The van der Waals surface area contributed by atoms with Crippen LogP contribution in [0.15, 0.2) is 23.2 Å². The van der Waals surface area contributed by atoms with Gasteiger partial charge in [-0.1, -0.05) is 6.07 Å². The van der Waals surface area contributed by atoms with Crippen molar-refractivity contribution in [1.82, 2.24) is 0 Å². The molecular weight excluding hydrogens is 318 g/mol. The van der Waals surface area contributed by atoms with E-state index in [4.69, 9.17) is 14.2 Å². The zero-order valence-electron chi connectivity index (χ0n) is 15.1. The van der Waals surface area contributed by atoms with Crippen LogP contribution in [0.1, 0.15) is 56.9 Å². The fourth-order valence-electron chi connectivity index (χ4n) is 3.61. The number of esters is 1. The number of carbonyl (C=O) groups is 1. The standard InChI is InChI=1S/C20H27NO4/c1-3-24-20(22)12-16-10-15(13-21-16)14-8-9-18(23-2)19(11-14)25-17-6-4-5-7-17/h8-9,11,15,17H,3-7,10,12-13H2,1-2H3. The zero-order valence-corrected chi connectivity index (χ0v) is 15.1. The molecule has 25 heavy (non-hydrogen) atoms. The molecule has 1 atom stereocenters. The minimum atomic E-state index is -0.193. The lowest BCUT2D eigenvalue weighted by Crippen LogP contribution is -2.12. The Bertz CT molecular complexity index is 635. The molecule has 0 saturated heterocycles. The Balaban J connectivity index is 1.65. The molecule has 1 aliphatic heterocycles. The maximum absolute atomic E-state index is 11.6. The lowest BCUT2D eigenvalue weighted by atomic mass is 9.95. The molecule has 0 radical (unpaired) electrons. The van der Waals surface area contributed by atoms with Crippen LogP contribution < -0.4 is 9.47 Å². The van der Waals surface area contributed by atoms with Gasteiger partial charge in [-0.3, -0.25) is 9.79 Å². The molecule has 0 aromatic heterocycles. The van der Waals surface area contributed by atoms with Gasteiger partial charge in [0.05, 0.1) is 26.2 Å². The second kappa shape index (κ2) is 8.37. The second-order valence-electron chi connectivity index (χ2n) is 6.72. The summed E-state index contributed by atoms with van der Waals surface area (Å²) in [4.78, 5) is 16.2. The normalized spacial score (nSPS) is 20.4. The van der Waals surface area contributed by atoms with Gasteiger partial charge in [-0.25, -0.2) is 0 Å². The van der Waals surface area contributed by atoms with E-state index in [-0.39, 0.29) is 5.97 Å². The first-order valence-corrected chi connectivity index (χ1v) is 9.22. The quantitative estimate of drug-likeness (QED) is 0.703. The lowest BCUT2D eigenvalue weighted by molar-refractivity contribution is -0.141. The highest BCUT2D eigenvalue weighted by atomic mass is 16.5. The Morgan fingerprint density at radius 1 is 1.24 bits per heavy atom. The number of hydrogen-bond donors (Lipinski definition) is 0. The summed E-state index contributed by atoms with van der Waals surface area (Å²) >= 11 is 0. The van der Waals surface area contributed by atoms with Crippen LogP contribution in [-0.4, -0.2) is 38.0 Å². The molecule has 0 bridgehead atoms. The van der Waals surface area contributed by atoms with E-state index in [1.165, 1.54) is 18.4 Å². The van der Waals surface area contributed by atoms with Gasteiger partial charge < -0.3 is 14.2 Å². The Hall–Kier alpha value is -2.04. The number of nitrogens with zero attached hydrogens (tertiary/aromatic N) is 1. The number of carbonyl (C=O) groups excluding carboxylic acids is 1. The van der Waals surface area contributed by atoms with E-state index in [2.05, 4.69) is 17.1 Å². The number of benzene rings is 1. The molecule has 1 aliphatic carbocycles. The van der Waals surface area contributed by atoms with E-state index in [1.807, 2.05) is 13.0 Å². The van der Waals surface area contributed by atoms with Crippen molar-refractivity contribution >= 4 is 11.7 Å². The van der Waals surface area contributed by atoms with Gasteiger partial charge in [0, 0.05) is 18.2 Å². The van der Waals surface area contributed by atoms with Crippen LogP contribution in [0.5, 0.6) is 11.5 Å². The molecule has 1 unspecified atom stereocenters. The molecule has 136 valence electrons. The van der Waals surface area contributed by atoms with Crippen LogP contribution in [0, 0.1) is 0 Å². The van der Waals surface area contributed by atoms with Crippen molar-refractivity contribution < 1.29 is 19.0 Å².